The van der Waals surface area contributed by atoms with Gasteiger partial charge in [0.1, 0.15) is 12.1 Å². The third-order valence-corrected chi connectivity index (χ3v) is 3.83. The summed E-state index contributed by atoms with van der Waals surface area (Å²) >= 11 is 0. The van der Waals surface area contributed by atoms with E-state index in [1.807, 2.05) is 6.07 Å². The first-order chi connectivity index (χ1) is 9.28. The molecule has 0 aliphatic heterocycles. The first kappa shape index (κ1) is 12.3. The Morgan fingerprint density at radius 2 is 2.37 bits per heavy atom. The summed E-state index contributed by atoms with van der Waals surface area (Å²) in [5.41, 5.74) is 0.867. The molecule has 0 amide bonds. The Kier molecular flexibility index (Phi) is 3.33. The third kappa shape index (κ3) is 2.40. The molecule has 0 bridgehead atoms. The third-order valence-electron chi connectivity index (χ3n) is 3.83. The summed E-state index contributed by atoms with van der Waals surface area (Å²) in [7, 11) is 1.67. The fourth-order valence-corrected chi connectivity index (χ4v) is 2.48. The van der Waals surface area contributed by atoms with Gasteiger partial charge in [0.15, 0.2) is 0 Å². The Morgan fingerprint density at radius 1 is 1.53 bits per heavy atom. The predicted molar refractivity (Wildman–Crippen MR) is 71.9 cm³/mol. The maximum Gasteiger partial charge on any atom is 0.254 e. The molecular formula is C13H19N5O. The van der Waals surface area contributed by atoms with Gasteiger partial charge in [-0.05, 0) is 25.7 Å². The van der Waals surface area contributed by atoms with Crippen LogP contribution in [0.4, 0.5) is 5.82 Å². The molecule has 0 saturated heterocycles. The maximum absolute atomic E-state index is 5.15. The molecule has 1 unspecified atom stereocenters. The zero-order chi connectivity index (χ0) is 13.2. The molecule has 1 saturated carbocycles. The molecule has 0 spiro atoms. The van der Waals surface area contributed by atoms with Crippen molar-refractivity contribution < 1.29 is 4.74 Å². The Bertz CT molecular complexity index is 563. The molecule has 1 aliphatic rings. The molecule has 0 radical (unpaired) electrons. The molecule has 6 heteroatoms. The summed E-state index contributed by atoms with van der Waals surface area (Å²) in [6.07, 6.45) is 5.49. The molecule has 2 aromatic rings. The van der Waals surface area contributed by atoms with E-state index in [4.69, 9.17) is 4.74 Å². The van der Waals surface area contributed by atoms with Crippen molar-refractivity contribution in [3.8, 4) is 0 Å². The largest absolute Gasteiger partial charge is 0.378 e. The van der Waals surface area contributed by atoms with Crippen LogP contribution in [0.2, 0.25) is 0 Å². The molecule has 6 nitrogen and oxygen atoms in total. The van der Waals surface area contributed by atoms with E-state index in [1.165, 1.54) is 25.6 Å². The monoisotopic (exact) mass is 261 g/mol. The van der Waals surface area contributed by atoms with Gasteiger partial charge >= 0.3 is 0 Å². The molecule has 1 N–H and O–H groups in total. The maximum atomic E-state index is 5.15. The average Bonchev–Trinajstić information content (AvgIpc) is 2.75. The Hall–Kier alpha value is -1.69. The molecule has 19 heavy (non-hydrogen) atoms. The highest BCUT2D eigenvalue weighted by molar-refractivity contribution is 5.45. The van der Waals surface area contributed by atoms with Crippen LogP contribution in [0.25, 0.3) is 5.78 Å². The lowest BCUT2D eigenvalue weighted by Gasteiger charge is -2.32. The minimum atomic E-state index is 0.443. The molecule has 2 heterocycles. The van der Waals surface area contributed by atoms with Crippen LogP contribution in [0.3, 0.4) is 0 Å². The zero-order valence-corrected chi connectivity index (χ0v) is 11.3. The molecule has 1 fully saturated rings. The van der Waals surface area contributed by atoms with E-state index in [1.54, 1.807) is 11.6 Å². The SMILES string of the molecule is COCc1cc(NC(C)C2CCC2)n2ncnc2n1. The summed E-state index contributed by atoms with van der Waals surface area (Å²) in [5.74, 6) is 2.31. The lowest BCUT2D eigenvalue weighted by Crippen LogP contribution is -2.31. The number of hydrogen-bond acceptors (Lipinski definition) is 5. The van der Waals surface area contributed by atoms with Crippen LogP contribution >= 0.6 is 0 Å². The van der Waals surface area contributed by atoms with Gasteiger partial charge in [0.05, 0.1) is 12.3 Å². The summed E-state index contributed by atoms with van der Waals surface area (Å²) in [6.45, 7) is 2.71. The molecule has 1 atom stereocenters. The summed E-state index contributed by atoms with van der Waals surface area (Å²) in [6, 6.07) is 2.43. The number of nitrogens with one attached hydrogen (secondary N) is 1. The number of hydrogen-bond donors (Lipinski definition) is 1. The second-order valence-electron chi connectivity index (χ2n) is 5.16. The highest BCUT2D eigenvalue weighted by Crippen LogP contribution is 2.31. The summed E-state index contributed by atoms with van der Waals surface area (Å²) in [4.78, 5) is 8.55. The highest BCUT2D eigenvalue weighted by Gasteiger charge is 2.24. The second kappa shape index (κ2) is 5.13. The summed E-state index contributed by atoms with van der Waals surface area (Å²) in [5, 5.41) is 7.75. The molecule has 2 aromatic heterocycles. The van der Waals surface area contributed by atoms with Gasteiger partial charge in [-0.3, -0.25) is 0 Å². The number of aromatic nitrogens is 4. The predicted octanol–water partition coefficient (Wildman–Crippen LogP) is 1.87. The van der Waals surface area contributed by atoms with Crippen LogP contribution in [0, 0.1) is 5.92 Å². The van der Waals surface area contributed by atoms with E-state index in [2.05, 4.69) is 27.3 Å². The first-order valence-corrected chi connectivity index (χ1v) is 6.73. The van der Waals surface area contributed by atoms with Crippen molar-refractivity contribution in [1.29, 1.82) is 0 Å². The highest BCUT2D eigenvalue weighted by atomic mass is 16.5. The van der Waals surface area contributed by atoms with Crippen molar-refractivity contribution in [3.63, 3.8) is 0 Å². The van der Waals surface area contributed by atoms with Crippen molar-refractivity contribution in [2.24, 2.45) is 5.92 Å². The van der Waals surface area contributed by atoms with Crippen LogP contribution in [-0.4, -0.2) is 32.7 Å². The minimum Gasteiger partial charge on any atom is -0.378 e. The van der Waals surface area contributed by atoms with Gasteiger partial charge in [0.2, 0.25) is 0 Å². The van der Waals surface area contributed by atoms with Gasteiger partial charge in [-0.2, -0.15) is 14.6 Å². The average molecular weight is 261 g/mol. The molecule has 1 aliphatic carbocycles. The lowest BCUT2D eigenvalue weighted by molar-refractivity contribution is 0.181. The standard InChI is InChI=1S/C13H19N5O/c1-9(10-4-3-5-10)16-12-6-11(7-19-2)17-13-14-8-15-18(12)13/h6,8-10,16H,3-5,7H2,1-2H3. The van der Waals surface area contributed by atoms with Gasteiger partial charge in [-0.15, -0.1) is 0 Å². The Labute approximate surface area is 112 Å². The van der Waals surface area contributed by atoms with Gasteiger partial charge in [-0.1, -0.05) is 6.42 Å². The van der Waals surface area contributed by atoms with Crippen molar-refractivity contribution in [2.45, 2.75) is 38.8 Å². The Balaban J connectivity index is 1.88. The Morgan fingerprint density at radius 3 is 3.05 bits per heavy atom. The quantitative estimate of drug-likeness (QED) is 0.890. The van der Waals surface area contributed by atoms with Crippen LogP contribution in [0.5, 0.6) is 0 Å². The van der Waals surface area contributed by atoms with Crippen LogP contribution < -0.4 is 5.32 Å². The second-order valence-corrected chi connectivity index (χ2v) is 5.16. The van der Waals surface area contributed by atoms with Crippen LogP contribution in [0.15, 0.2) is 12.4 Å². The number of anilines is 1. The van der Waals surface area contributed by atoms with Gasteiger partial charge < -0.3 is 10.1 Å². The number of nitrogens with zero attached hydrogens (tertiary/aromatic N) is 4. The number of rotatable bonds is 5. The van der Waals surface area contributed by atoms with Gasteiger partial charge in [0, 0.05) is 19.2 Å². The minimum absolute atomic E-state index is 0.443. The number of methoxy groups -OCH3 is 1. The van der Waals surface area contributed by atoms with E-state index >= 15 is 0 Å². The lowest BCUT2D eigenvalue weighted by atomic mass is 9.80. The van der Waals surface area contributed by atoms with E-state index < -0.39 is 0 Å². The zero-order valence-electron chi connectivity index (χ0n) is 11.3. The van der Waals surface area contributed by atoms with Crippen LogP contribution in [0.1, 0.15) is 31.9 Å². The van der Waals surface area contributed by atoms with E-state index in [9.17, 15) is 0 Å². The van der Waals surface area contributed by atoms with Crippen molar-refractivity contribution in [2.75, 3.05) is 12.4 Å². The van der Waals surface area contributed by atoms with Crippen molar-refractivity contribution in [1.82, 2.24) is 19.6 Å². The smallest absolute Gasteiger partial charge is 0.254 e. The van der Waals surface area contributed by atoms with Gasteiger partial charge in [0.25, 0.3) is 5.78 Å². The molecular weight excluding hydrogens is 242 g/mol. The topological polar surface area (TPSA) is 64.3 Å². The van der Waals surface area contributed by atoms with E-state index in [0.717, 1.165) is 17.4 Å². The molecule has 102 valence electrons. The van der Waals surface area contributed by atoms with Crippen LogP contribution in [-0.2, 0) is 11.3 Å². The summed E-state index contributed by atoms with van der Waals surface area (Å²) < 4.78 is 6.89. The number of fused-ring (bicyclic) bond motifs is 1. The van der Waals surface area contributed by atoms with Crippen molar-refractivity contribution >= 4 is 11.6 Å². The first-order valence-electron chi connectivity index (χ1n) is 6.73. The molecule has 0 aromatic carbocycles. The number of ether oxygens (including phenoxy) is 1. The molecule has 3 rings (SSSR count). The van der Waals surface area contributed by atoms with Gasteiger partial charge in [-0.25, -0.2) is 4.98 Å². The van der Waals surface area contributed by atoms with E-state index in [-0.39, 0.29) is 0 Å². The van der Waals surface area contributed by atoms with E-state index in [0.29, 0.717) is 18.4 Å². The fourth-order valence-electron chi connectivity index (χ4n) is 2.48. The fraction of sp³-hybridized carbons (Fsp3) is 0.615. The van der Waals surface area contributed by atoms with Crippen molar-refractivity contribution in [3.05, 3.63) is 18.1 Å². The normalized spacial score (nSPS) is 17.4.